The first kappa shape index (κ1) is 12.2. The lowest BCUT2D eigenvalue weighted by atomic mass is 10.1. The van der Waals surface area contributed by atoms with Crippen molar-refractivity contribution in [3.05, 3.63) is 50.1 Å². The summed E-state index contributed by atoms with van der Waals surface area (Å²) in [6, 6.07) is 7.85. The zero-order chi connectivity index (χ0) is 12.5. The van der Waals surface area contributed by atoms with Crippen LogP contribution in [0, 0.1) is 0 Å². The number of phenolic OH excluding ortho intramolecular Hbond substituents is 1. The lowest BCUT2D eigenvalue weighted by Gasteiger charge is -2.27. The minimum atomic E-state index is 0.384. The molecule has 4 heteroatoms. The van der Waals surface area contributed by atoms with E-state index >= 15 is 0 Å². The number of rotatable bonds is 2. The highest BCUT2D eigenvalue weighted by molar-refractivity contribution is 9.10. The van der Waals surface area contributed by atoms with Gasteiger partial charge in [-0.25, -0.2) is 0 Å². The van der Waals surface area contributed by atoms with Crippen LogP contribution >= 0.6 is 27.3 Å². The number of fused-ring (bicyclic) bond motifs is 1. The summed E-state index contributed by atoms with van der Waals surface area (Å²) in [6.45, 7) is 2.87. The number of hydrogen-bond acceptors (Lipinski definition) is 3. The highest BCUT2D eigenvalue weighted by Gasteiger charge is 2.18. The van der Waals surface area contributed by atoms with Crippen LogP contribution in [0.3, 0.4) is 0 Å². The van der Waals surface area contributed by atoms with E-state index in [0.717, 1.165) is 36.1 Å². The van der Waals surface area contributed by atoms with Crippen molar-refractivity contribution < 1.29 is 5.11 Å². The van der Waals surface area contributed by atoms with E-state index < -0.39 is 0 Å². The van der Waals surface area contributed by atoms with Gasteiger partial charge in [-0.3, -0.25) is 4.90 Å². The maximum atomic E-state index is 9.88. The molecule has 0 radical (unpaired) electrons. The fraction of sp³-hybridized carbons (Fsp3) is 0.286. The molecule has 1 aromatic heterocycles. The zero-order valence-electron chi connectivity index (χ0n) is 9.90. The van der Waals surface area contributed by atoms with Gasteiger partial charge in [0, 0.05) is 34.5 Å². The largest absolute Gasteiger partial charge is 0.508 e. The third-order valence-corrected chi connectivity index (χ3v) is 4.78. The van der Waals surface area contributed by atoms with Crippen LogP contribution < -0.4 is 0 Å². The number of phenols is 1. The summed E-state index contributed by atoms with van der Waals surface area (Å²) in [7, 11) is 0. The van der Waals surface area contributed by atoms with Crippen molar-refractivity contribution in [2.75, 3.05) is 6.54 Å². The molecule has 1 N–H and O–H groups in total. The molecule has 0 fully saturated rings. The molecule has 18 heavy (non-hydrogen) atoms. The van der Waals surface area contributed by atoms with Crippen LogP contribution in [0.25, 0.3) is 0 Å². The lowest BCUT2D eigenvalue weighted by Crippen LogP contribution is -2.29. The van der Waals surface area contributed by atoms with Crippen LogP contribution in [0.2, 0.25) is 0 Å². The Balaban J connectivity index is 1.76. The van der Waals surface area contributed by atoms with E-state index in [9.17, 15) is 5.11 Å². The van der Waals surface area contributed by atoms with E-state index in [-0.39, 0.29) is 0 Å². The smallest absolute Gasteiger partial charge is 0.120 e. The molecule has 3 rings (SSSR count). The number of thiophene rings is 1. The number of aromatic hydroxyl groups is 1. The standard InChI is InChI=1S/C14H14BrNOS/c15-12-1-2-13(17)11(7-12)8-16-5-3-10-4-6-18-14(10)9-16/h1-2,4,6-7,17H,3,5,8-9H2. The third kappa shape index (κ3) is 2.46. The Bertz CT molecular complexity index is 567. The molecule has 94 valence electrons. The molecule has 0 amide bonds. The van der Waals surface area contributed by atoms with Crippen molar-refractivity contribution in [1.29, 1.82) is 0 Å². The van der Waals surface area contributed by atoms with E-state index in [0.29, 0.717) is 5.75 Å². The number of benzene rings is 1. The second-order valence-corrected chi connectivity index (χ2v) is 6.52. The molecular formula is C14H14BrNOS. The van der Waals surface area contributed by atoms with Crippen LogP contribution in [0.15, 0.2) is 34.1 Å². The van der Waals surface area contributed by atoms with Gasteiger partial charge in [-0.1, -0.05) is 15.9 Å². The first-order valence-corrected chi connectivity index (χ1v) is 7.64. The highest BCUT2D eigenvalue weighted by atomic mass is 79.9. The molecule has 2 nitrogen and oxygen atoms in total. The van der Waals surface area contributed by atoms with E-state index in [1.54, 1.807) is 6.07 Å². The van der Waals surface area contributed by atoms with Gasteiger partial charge in [0.2, 0.25) is 0 Å². The molecule has 0 bridgehead atoms. The number of halogens is 1. The van der Waals surface area contributed by atoms with Gasteiger partial charge in [-0.2, -0.15) is 0 Å². The minimum absolute atomic E-state index is 0.384. The Morgan fingerprint density at radius 2 is 2.22 bits per heavy atom. The average molecular weight is 324 g/mol. The molecule has 1 aliphatic rings. The molecule has 0 saturated carbocycles. The predicted molar refractivity (Wildman–Crippen MR) is 77.9 cm³/mol. The lowest BCUT2D eigenvalue weighted by molar-refractivity contribution is 0.245. The summed E-state index contributed by atoms with van der Waals surface area (Å²) in [6.07, 6.45) is 1.12. The zero-order valence-corrected chi connectivity index (χ0v) is 12.3. The van der Waals surface area contributed by atoms with Crippen molar-refractivity contribution in [3.8, 4) is 5.75 Å². The minimum Gasteiger partial charge on any atom is -0.508 e. The number of hydrogen-bond donors (Lipinski definition) is 1. The van der Waals surface area contributed by atoms with Crippen LogP contribution in [0.5, 0.6) is 5.75 Å². The molecule has 0 aliphatic carbocycles. The highest BCUT2D eigenvalue weighted by Crippen LogP contribution is 2.28. The third-order valence-electron chi connectivity index (χ3n) is 3.34. The van der Waals surface area contributed by atoms with Crippen LogP contribution in [-0.4, -0.2) is 16.6 Å². The summed E-state index contributed by atoms with van der Waals surface area (Å²) in [4.78, 5) is 3.86. The fourth-order valence-electron chi connectivity index (χ4n) is 2.35. The van der Waals surface area contributed by atoms with E-state index in [1.165, 1.54) is 10.4 Å². The second-order valence-electron chi connectivity index (χ2n) is 4.60. The van der Waals surface area contributed by atoms with Crippen molar-refractivity contribution in [1.82, 2.24) is 4.90 Å². The fourth-order valence-corrected chi connectivity index (χ4v) is 3.73. The van der Waals surface area contributed by atoms with Crippen molar-refractivity contribution in [2.45, 2.75) is 19.5 Å². The SMILES string of the molecule is Oc1ccc(Br)cc1CN1CCc2ccsc2C1. The van der Waals surface area contributed by atoms with E-state index in [2.05, 4.69) is 32.3 Å². The molecule has 0 spiro atoms. The van der Waals surface area contributed by atoms with Crippen LogP contribution in [0.1, 0.15) is 16.0 Å². The topological polar surface area (TPSA) is 23.5 Å². The van der Waals surface area contributed by atoms with Gasteiger partial charge in [0.25, 0.3) is 0 Å². The van der Waals surface area contributed by atoms with E-state index in [1.807, 2.05) is 23.5 Å². The van der Waals surface area contributed by atoms with Gasteiger partial charge >= 0.3 is 0 Å². The Kier molecular flexibility index (Phi) is 3.41. The summed E-state index contributed by atoms with van der Waals surface area (Å²) in [5.41, 5.74) is 2.49. The Hall–Kier alpha value is -0.840. The van der Waals surface area contributed by atoms with Crippen molar-refractivity contribution >= 4 is 27.3 Å². The molecule has 1 aliphatic heterocycles. The quantitative estimate of drug-likeness (QED) is 0.909. The summed E-state index contributed by atoms with van der Waals surface area (Å²) >= 11 is 5.29. The molecule has 1 aromatic carbocycles. The van der Waals surface area contributed by atoms with E-state index in [4.69, 9.17) is 0 Å². The first-order chi connectivity index (χ1) is 8.72. The monoisotopic (exact) mass is 323 g/mol. The molecule has 0 unspecified atom stereocenters. The van der Waals surface area contributed by atoms with Gasteiger partial charge in [0.15, 0.2) is 0 Å². The van der Waals surface area contributed by atoms with Gasteiger partial charge in [-0.05, 0) is 41.6 Å². The maximum absolute atomic E-state index is 9.88. The Morgan fingerprint density at radius 3 is 3.11 bits per heavy atom. The van der Waals surface area contributed by atoms with Gasteiger partial charge < -0.3 is 5.11 Å². The molecule has 0 saturated heterocycles. The maximum Gasteiger partial charge on any atom is 0.120 e. The predicted octanol–water partition coefficient (Wildman–Crippen LogP) is 3.77. The van der Waals surface area contributed by atoms with Gasteiger partial charge in [0.1, 0.15) is 5.75 Å². The van der Waals surface area contributed by atoms with Gasteiger partial charge in [-0.15, -0.1) is 11.3 Å². The average Bonchev–Trinajstić information content (AvgIpc) is 2.81. The van der Waals surface area contributed by atoms with Crippen molar-refractivity contribution in [3.63, 3.8) is 0 Å². The van der Waals surface area contributed by atoms with Crippen LogP contribution in [-0.2, 0) is 19.5 Å². The second kappa shape index (κ2) is 5.03. The Labute approximate surface area is 119 Å². The molecule has 0 atom stereocenters. The first-order valence-electron chi connectivity index (χ1n) is 5.97. The van der Waals surface area contributed by atoms with Crippen molar-refractivity contribution in [2.24, 2.45) is 0 Å². The summed E-state index contributed by atoms with van der Waals surface area (Å²) < 4.78 is 1.02. The van der Waals surface area contributed by atoms with Gasteiger partial charge in [0.05, 0.1) is 0 Å². The molecule has 2 aromatic rings. The Morgan fingerprint density at radius 1 is 1.33 bits per heavy atom. The normalized spacial score (nSPS) is 15.6. The summed E-state index contributed by atoms with van der Waals surface area (Å²) in [5.74, 6) is 0.384. The molecular weight excluding hydrogens is 310 g/mol. The number of nitrogens with zero attached hydrogens (tertiary/aromatic N) is 1. The van der Waals surface area contributed by atoms with Crippen LogP contribution in [0.4, 0.5) is 0 Å². The summed E-state index contributed by atoms with van der Waals surface area (Å²) in [5, 5.41) is 12.0. The molecule has 2 heterocycles.